The first-order valence-electron chi connectivity index (χ1n) is 5.22. The second kappa shape index (κ2) is 4.30. The minimum absolute atomic E-state index is 0.648. The first-order chi connectivity index (χ1) is 7.72. The zero-order valence-corrected chi connectivity index (χ0v) is 9.61. The highest BCUT2D eigenvalue weighted by Crippen LogP contribution is 2.23. The number of rotatable bonds is 3. The van der Waals surface area contributed by atoms with Gasteiger partial charge in [0.05, 0.1) is 11.3 Å². The van der Waals surface area contributed by atoms with Crippen LogP contribution < -0.4 is 5.32 Å². The molecular weight excluding hydrogens is 204 g/mol. The van der Waals surface area contributed by atoms with Gasteiger partial charge in [-0.15, -0.1) is 0 Å². The van der Waals surface area contributed by atoms with Crippen LogP contribution in [0.4, 0.5) is 5.82 Å². The average Bonchev–Trinajstić information content (AvgIpc) is 2.59. The molecule has 5 heteroatoms. The third kappa shape index (κ3) is 1.88. The molecule has 0 radical (unpaired) electrons. The predicted molar refractivity (Wildman–Crippen MR) is 61.2 cm³/mol. The molecule has 16 heavy (non-hydrogen) atoms. The van der Waals surface area contributed by atoms with Gasteiger partial charge in [-0.05, 0) is 26.8 Å². The molecule has 0 bridgehead atoms. The Labute approximate surface area is 93.9 Å². The van der Waals surface area contributed by atoms with Crippen molar-refractivity contribution < 1.29 is 4.52 Å². The summed E-state index contributed by atoms with van der Waals surface area (Å²) in [5, 5.41) is 7.04. The lowest BCUT2D eigenvalue weighted by atomic mass is 10.2. The maximum atomic E-state index is 5.10. The van der Waals surface area contributed by atoms with E-state index in [-0.39, 0.29) is 0 Å². The van der Waals surface area contributed by atoms with E-state index in [1.54, 1.807) is 6.20 Å². The van der Waals surface area contributed by atoms with Crippen LogP contribution in [0.1, 0.15) is 18.4 Å². The summed E-state index contributed by atoms with van der Waals surface area (Å²) in [6.07, 6.45) is 1.73. The van der Waals surface area contributed by atoms with E-state index in [1.165, 1.54) is 0 Å². The van der Waals surface area contributed by atoms with Gasteiger partial charge in [-0.25, -0.2) is 9.97 Å². The molecule has 2 heterocycles. The third-order valence-corrected chi connectivity index (χ3v) is 2.27. The fourth-order valence-electron chi connectivity index (χ4n) is 1.56. The van der Waals surface area contributed by atoms with E-state index in [4.69, 9.17) is 4.52 Å². The third-order valence-electron chi connectivity index (χ3n) is 2.27. The molecule has 0 fully saturated rings. The molecule has 0 amide bonds. The normalized spacial score (nSPS) is 10.4. The molecule has 0 aromatic carbocycles. The van der Waals surface area contributed by atoms with Crippen molar-refractivity contribution in [2.45, 2.75) is 20.8 Å². The van der Waals surface area contributed by atoms with Crippen molar-refractivity contribution in [3.8, 4) is 11.4 Å². The van der Waals surface area contributed by atoms with Crippen molar-refractivity contribution in [3.63, 3.8) is 0 Å². The van der Waals surface area contributed by atoms with Gasteiger partial charge in [-0.3, -0.25) is 0 Å². The summed E-state index contributed by atoms with van der Waals surface area (Å²) in [6.45, 7) is 6.60. The monoisotopic (exact) mass is 218 g/mol. The van der Waals surface area contributed by atoms with Crippen LogP contribution in [0.2, 0.25) is 0 Å². The highest BCUT2D eigenvalue weighted by molar-refractivity contribution is 5.61. The maximum absolute atomic E-state index is 5.10. The molecule has 2 rings (SSSR count). The zero-order chi connectivity index (χ0) is 11.5. The van der Waals surface area contributed by atoms with Crippen LogP contribution in [0, 0.1) is 13.8 Å². The highest BCUT2D eigenvalue weighted by atomic mass is 16.5. The van der Waals surface area contributed by atoms with Gasteiger partial charge < -0.3 is 9.84 Å². The predicted octanol–water partition coefficient (Wildman–Crippen LogP) is 2.18. The molecule has 0 aliphatic carbocycles. The summed E-state index contributed by atoms with van der Waals surface area (Å²) >= 11 is 0. The molecule has 0 saturated carbocycles. The molecule has 0 aliphatic heterocycles. The zero-order valence-electron chi connectivity index (χ0n) is 9.61. The summed E-state index contributed by atoms with van der Waals surface area (Å²) in [7, 11) is 0. The molecule has 84 valence electrons. The molecule has 5 nitrogen and oxygen atoms in total. The van der Waals surface area contributed by atoms with E-state index in [1.807, 2.05) is 26.8 Å². The second-order valence-electron chi connectivity index (χ2n) is 3.49. The fourth-order valence-corrected chi connectivity index (χ4v) is 1.56. The Morgan fingerprint density at radius 3 is 2.81 bits per heavy atom. The van der Waals surface area contributed by atoms with Crippen molar-refractivity contribution in [1.29, 1.82) is 0 Å². The Bertz CT molecular complexity index is 473. The standard InChI is InChI=1S/C11H14N4O/c1-4-12-9-5-6-13-11(14-9)10-7(2)15-16-8(10)3/h5-6H,4H2,1-3H3,(H,12,13,14). The molecule has 0 unspecified atom stereocenters. The summed E-state index contributed by atoms with van der Waals surface area (Å²) in [4.78, 5) is 8.64. The molecule has 0 spiro atoms. The van der Waals surface area contributed by atoms with Gasteiger partial charge in [0.1, 0.15) is 11.6 Å². The van der Waals surface area contributed by atoms with Crippen molar-refractivity contribution in [2.24, 2.45) is 0 Å². The Morgan fingerprint density at radius 1 is 1.38 bits per heavy atom. The Kier molecular flexibility index (Phi) is 2.85. The van der Waals surface area contributed by atoms with Gasteiger partial charge in [0, 0.05) is 12.7 Å². The summed E-state index contributed by atoms with van der Waals surface area (Å²) in [5.41, 5.74) is 1.69. The lowest BCUT2D eigenvalue weighted by molar-refractivity contribution is 0.393. The quantitative estimate of drug-likeness (QED) is 0.855. The van der Waals surface area contributed by atoms with Gasteiger partial charge >= 0.3 is 0 Å². The largest absolute Gasteiger partial charge is 0.370 e. The van der Waals surface area contributed by atoms with E-state index in [0.29, 0.717) is 5.82 Å². The molecule has 0 saturated heterocycles. The van der Waals surface area contributed by atoms with Crippen LogP contribution in [0.3, 0.4) is 0 Å². The molecule has 0 atom stereocenters. The number of anilines is 1. The van der Waals surface area contributed by atoms with Crippen LogP contribution >= 0.6 is 0 Å². The van der Waals surface area contributed by atoms with E-state index in [9.17, 15) is 0 Å². The number of hydrogen-bond donors (Lipinski definition) is 1. The lowest BCUT2D eigenvalue weighted by Crippen LogP contribution is -2.01. The van der Waals surface area contributed by atoms with E-state index >= 15 is 0 Å². The van der Waals surface area contributed by atoms with Crippen LogP contribution in [0.5, 0.6) is 0 Å². The van der Waals surface area contributed by atoms with Crippen molar-refractivity contribution in [2.75, 3.05) is 11.9 Å². The number of aryl methyl sites for hydroxylation is 2. The first-order valence-corrected chi connectivity index (χ1v) is 5.22. The SMILES string of the molecule is CCNc1ccnc(-c2c(C)noc2C)n1. The number of nitrogens with zero attached hydrogens (tertiary/aromatic N) is 3. The van der Waals surface area contributed by atoms with Gasteiger partial charge in [0.15, 0.2) is 5.82 Å². The summed E-state index contributed by atoms with van der Waals surface area (Å²) < 4.78 is 5.10. The second-order valence-corrected chi connectivity index (χ2v) is 3.49. The Balaban J connectivity index is 2.44. The highest BCUT2D eigenvalue weighted by Gasteiger charge is 2.14. The average molecular weight is 218 g/mol. The van der Waals surface area contributed by atoms with Gasteiger partial charge in [-0.2, -0.15) is 0 Å². The van der Waals surface area contributed by atoms with Gasteiger partial charge in [-0.1, -0.05) is 5.16 Å². The minimum Gasteiger partial charge on any atom is -0.370 e. The molecule has 1 N–H and O–H groups in total. The number of aromatic nitrogens is 3. The fraction of sp³-hybridized carbons (Fsp3) is 0.364. The van der Waals surface area contributed by atoms with Gasteiger partial charge in [0.2, 0.25) is 0 Å². The van der Waals surface area contributed by atoms with E-state index < -0.39 is 0 Å². The molecule has 2 aromatic heterocycles. The Morgan fingerprint density at radius 2 is 2.19 bits per heavy atom. The molecule has 0 aliphatic rings. The lowest BCUT2D eigenvalue weighted by Gasteiger charge is -2.03. The van der Waals surface area contributed by atoms with Crippen LogP contribution in [-0.4, -0.2) is 21.7 Å². The van der Waals surface area contributed by atoms with E-state index in [0.717, 1.165) is 29.4 Å². The maximum Gasteiger partial charge on any atom is 0.166 e. The topological polar surface area (TPSA) is 63.8 Å². The van der Waals surface area contributed by atoms with Crippen LogP contribution in [-0.2, 0) is 0 Å². The Hall–Kier alpha value is -1.91. The first kappa shape index (κ1) is 10.6. The molecule has 2 aromatic rings. The van der Waals surface area contributed by atoms with Crippen molar-refractivity contribution >= 4 is 5.82 Å². The van der Waals surface area contributed by atoms with E-state index in [2.05, 4.69) is 20.4 Å². The minimum atomic E-state index is 0.648. The molecular formula is C11H14N4O. The summed E-state index contributed by atoms with van der Waals surface area (Å²) in [5.74, 6) is 2.20. The summed E-state index contributed by atoms with van der Waals surface area (Å²) in [6, 6.07) is 1.84. The van der Waals surface area contributed by atoms with Gasteiger partial charge in [0.25, 0.3) is 0 Å². The van der Waals surface area contributed by atoms with Crippen LogP contribution in [0.25, 0.3) is 11.4 Å². The van der Waals surface area contributed by atoms with Crippen molar-refractivity contribution in [1.82, 2.24) is 15.1 Å². The smallest absolute Gasteiger partial charge is 0.166 e. The number of hydrogen-bond acceptors (Lipinski definition) is 5. The van der Waals surface area contributed by atoms with Crippen molar-refractivity contribution in [3.05, 3.63) is 23.7 Å². The number of nitrogens with one attached hydrogen (secondary N) is 1. The van der Waals surface area contributed by atoms with Crippen LogP contribution in [0.15, 0.2) is 16.8 Å².